The van der Waals surface area contributed by atoms with Gasteiger partial charge in [-0.2, -0.15) is 0 Å². The fraction of sp³-hybridized carbons (Fsp3) is 0.810. The van der Waals surface area contributed by atoms with Crippen molar-refractivity contribution in [2.45, 2.75) is 148 Å². The number of β-lactam (4-membered cyclic amide) rings is 1. The third-order valence-electron chi connectivity index (χ3n) is 15.1. The minimum atomic E-state index is -0.670. The van der Waals surface area contributed by atoms with Crippen molar-refractivity contribution in [1.29, 1.82) is 0 Å². The molecule has 1 saturated heterocycles. The lowest BCUT2D eigenvalue weighted by molar-refractivity contribution is -0.147. The van der Waals surface area contributed by atoms with Crippen LogP contribution < -0.4 is 5.32 Å². The van der Waals surface area contributed by atoms with E-state index in [0.29, 0.717) is 65.7 Å². The topological polar surface area (TPSA) is 153 Å². The van der Waals surface area contributed by atoms with Crippen LogP contribution in [-0.2, 0) is 19.2 Å². The van der Waals surface area contributed by atoms with Crippen molar-refractivity contribution in [3.05, 3.63) is 21.7 Å². The molecule has 0 radical (unpaired) electrons. The number of ketones is 2. The SMILES string of the molecule is C#CCCCC(=O)CC(CN=[N+]=[N-])CC(=O)C1=C(C)CSC2C(NC(=O)CC[C@@H](C)[C@H]3CC[C@H]4[C@@H]5CC[C@@H]6C[C@H](O)CC[C@]6(C)[C@H]5CC[C@]34C)C(=O)N12. The lowest BCUT2D eigenvalue weighted by Crippen LogP contribution is -2.70. The molecule has 53 heavy (non-hydrogen) atoms. The molecular formula is C42H61N5O5S. The highest BCUT2D eigenvalue weighted by Gasteiger charge is 2.60. The molecule has 0 aromatic carbocycles. The number of terminal acetylenes is 1. The number of carbonyl (C=O) groups excluding carboxylic acids is 4. The molecule has 2 N–H and O–H groups in total. The summed E-state index contributed by atoms with van der Waals surface area (Å²) in [6.45, 7) is 9.29. The Morgan fingerprint density at radius 2 is 1.85 bits per heavy atom. The number of azide groups is 1. The van der Waals surface area contributed by atoms with E-state index in [1.54, 1.807) is 11.8 Å². The third-order valence-corrected chi connectivity index (χ3v) is 16.6. The second kappa shape index (κ2) is 16.5. The van der Waals surface area contributed by atoms with Gasteiger partial charge >= 0.3 is 0 Å². The predicted molar refractivity (Wildman–Crippen MR) is 207 cm³/mol. The molecule has 290 valence electrons. The maximum atomic E-state index is 13.7. The van der Waals surface area contributed by atoms with Crippen LogP contribution in [0, 0.1) is 64.6 Å². The molecule has 4 aliphatic carbocycles. The predicted octanol–water partition coefficient (Wildman–Crippen LogP) is 7.74. The number of allylic oxidation sites excluding steroid dienone is 1. The number of unbranched alkanes of at least 4 members (excludes halogenated alkanes) is 1. The zero-order valence-corrected chi connectivity index (χ0v) is 33.2. The van der Waals surface area contributed by atoms with Gasteiger partial charge in [-0.25, -0.2) is 0 Å². The summed E-state index contributed by atoms with van der Waals surface area (Å²) in [6.07, 6.45) is 18.6. The molecule has 6 rings (SSSR count). The van der Waals surface area contributed by atoms with E-state index in [4.69, 9.17) is 12.0 Å². The van der Waals surface area contributed by atoms with Crippen LogP contribution in [0.15, 0.2) is 16.4 Å². The number of amides is 2. The Hall–Kier alpha value is -2.80. The van der Waals surface area contributed by atoms with E-state index in [1.807, 2.05) is 6.92 Å². The van der Waals surface area contributed by atoms with Crippen molar-refractivity contribution in [2.75, 3.05) is 12.3 Å². The second-order valence-corrected chi connectivity index (χ2v) is 19.2. The summed E-state index contributed by atoms with van der Waals surface area (Å²) in [4.78, 5) is 57.5. The molecule has 0 aromatic rings. The highest BCUT2D eigenvalue weighted by molar-refractivity contribution is 8.00. The van der Waals surface area contributed by atoms with E-state index >= 15 is 0 Å². The first-order valence-corrected chi connectivity index (χ1v) is 21.5. The number of thioether (sulfide) groups is 1. The second-order valence-electron chi connectivity index (χ2n) is 18.1. The largest absolute Gasteiger partial charge is 0.393 e. The Labute approximate surface area is 320 Å². The number of rotatable bonds is 15. The fourth-order valence-electron chi connectivity index (χ4n) is 12.4. The van der Waals surface area contributed by atoms with Crippen molar-refractivity contribution in [2.24, 2.45) is 57.4 Å². The van der Waals surface area contributed by atoms with Gasteiger partial charge in [0.15, 0.2) is 5.78 Å². The average Bonchev–Trinajstić information content (AvgIpc) is 3.49. The number of aliphatic hydroxyl groups excluding tert-OH is 1. The highest BCUT2D eigenvalue weighted by Crippen LogP contribution is 2.68. The van der Waals surface area contributed by atoms with E-state index in [2.05, 4.69) is 42.0 Å². The van der Waals surface area contributed by atoms with Gasteiger partial charge in [0.1, 0.15) is 17.2 Å². The summed E-state index contributed by atoms with van der Waals surface area (Å²) in [6, 6.07) is -0.670. The van der Waals surface area contributed by atoms with E-state index in [9.17, 15) is 24.3 Å². The lowest BCUT2D eigenvalue weighted by Gasteiger charge is -2.61. The van der Waals surface area contributed by atoms with Gasteiger partial charge in [-0.15, -0.1) is 24.1 Å². The van der Waals surface area contributed by atoms with Crippen molar-refractivity contribution >= 4 is 35.1 Å². The zero-order chi connectivity index (χ0) is 38.1. The summed E-state index contributed by atoms with van der Waals surface area (Å²) < 4.78 is 0. The number of hydrogen-bond donors (Lipinski definition) is 2. The molecule has 0 aromatic heterocycles. The molecule has 4 saturated carbocycles. The van der Waals surface area contributed by atoms with Crippen LogP contribution in [0.2, 0.25) is 0 Å². The Morgan fingerprint density at radius 3 is 2.60 bits per heavy atom. The molecule has 2 aliphatic heterocycles. The van der Waals surface area contributed by atoms with Gasteiger partial charge in [-0.1, -0.05) is 25.9 Å². The molecule has 10 nitrogen and oxygen atoms in total. The minimum Gasteiger partial charge on any atom is -0.393 e. The average molecular weight is 748 g/mol. The lowest BCUT2D eigenvalue weighted by atomic mass is 9.44. The summed E-state index contributed by atoms with van der Waals surface area (Å²) >= 11 is 1.55. The Morgan fingerprint density at radius 1 is 1.09 bits per heavy atom. The van der Waals surface area contributed by atoms with Crippen LogP contribution >= 0.6 is 11.8 Å². The van der Waals surface area contributed by atoms with Gasteiger partial charge in [0.2, 0.25) is 5.91 Å². The summed E-state index contributed by atoms with van der Waals surface area (Å²) in [5.41, 5.74) is 10.7. The van der Waals surface area contributed by atoms with Crippen LogP contribution in [0.25, 0.3) is 10.4 Å². The normalized spacial score (nSPS) is 37.1. The molecular weight excluding hydrogens is 687 g/mol. The van der Waals surface area contributed by atoms with Gasteiger partial charge in [0, 0.05) is 49.3 Å². The number of nitrogens with one attached hydrogen (secondary N) is 1. The molecule has 0 bridgehead atoms. The monoisotopic (exact) mass is 747 g/mol. The maximum Gasteiger partial charge on any atom is 0.253 e. The smallest absolute Gasteiger partial charge is 0.253 e. The van der Waals surface area contributed by atoms with Crippen LogP contribution in [0.5, 0.6) is 0 Å². The molecule has 0 spiro atoms. The Kier molecular flexibility index (Phi) is 12.4. The number of Topliss-reactive ketones (excluding diaryl/α,β-unsaturated/α-hetero) is 2. The maximum absolute atomic E-state index is 13.7. The Bertz CT molecular complexity index is 1570. The molecule has 2 heterocycles. The summed E-state index contributed by atoms with van der Waals surface area (Å²) in [7, 11) is 0. The molecule has 11 heteroatoms. The minimum absolute atomic E-state index is 0.00499. The molecule has 5 fully saturated rings. The molecule has 2 amide bonds. The van der Waals surface area contributed by atoms with Crippen LogP contribution in [-0.4, -0.2) is 63.2 Å². The van der Waals surface area contributed by atoms with Crippen LogP contribution in [0.4, 0.5) is 0 Å². The van der Waals surface area contributed by atoms with E-state index in [0.717, 1.165) is 42.6 Å². The first-order chi connectivity index (χ1) is 25.3. The molecule has 12 atom stereocenters. The number of fused-ring (bicyclic) bond motifs is 6. The van der Waals surface area contributed by atoms with E-state index in [1.165, 1.54) is 49.8 Å². The molecule has 6 aliphatic rings. The van der Waals surface area contributed by atoms with Crippen molar-refractivity contribution in [3.8, 4) is 12.3 Å². The van der Waals surface area contributed by atoms with E-state index < -0.39 is 12.0 Å². The molecule has 3 unspecified atom stereocenters. The third kappa shape index (κ3) is 7.85. The van der Waals surface area contributed by atoms with Crippen molar-refractivity contribution in [3.63, 3.8) is 0 Å². The van der Waals surface area contributed by atoms with Crippen molar-refractivity contribution in [1.82, 2.24) is 10.2 Å². The Balaban J connectivity index is 1.01. The van der Waals surface area contributed by atoms with Gasteiger partial charge in [0.05, 0.1) is 11.8 Å². The first kappa shape index (κ1) is 39.9. The van der Waals surface area contributed by atoms with Gasteiger partial charge < -0.3 is 10.4 Å². The highest BCUT2D eigenvalue weighted by atomic mass is 32.2. The van der Waals surface area contributed by atoms with Gasteiger partial charge in [-0.05, 0) is 141 Å². The van der Waals surface area contributed by atoms with E-state index in [-0.39, 0.29) is 54.2 Å². The number of aliphatic hydroxyl groups is 1. The standard InChI is InChI=1S/C42H61N5O5S/c1-6-7-8-9-29(48)20-27(23-44-46-43)21-35(50)38-26(3)24-53-40-37(39(52)47(38)40)45-36(51)15-10-25(2)32-13-14-33-31-12-11-28-22-30(49)16-18-41(28,4)34(31)17-19-42(32,33)5/h1,25,27-28,30-34,37,40,49H,7-24H2,2-5H3,(H,45,51)/t25-,27?,28-,30-,31+,32-,33+,34+,37?,40?,41+,42-/m1/s1. The van der Waals surface area contributed by atoms with Crippen LogP contribution in [0.1, 0.15) is 130 Å². The van der Waals surface area contributed by atoms with Gasteiger partial charge in [-0.3, -0.25) is 24.1 Å². The fourth-order valence-corrected chi connectivity index (χ4v) is 13.7. The zero-order valence-electron chi connectivity index (χ0n) is 32.4. The number of carbonyl (C=O) groups is 4. The van der Waals surface area contributed by atoms with Gasteiger partial charge in [0.25, 0.3) is 5.91 Å². The van der Waals surface area contributed by atoms with Crippen molar-refractivity contribution < 1.29 is 24.3 Å². The number of hydrogen-bond acceptors (Lipinski definition) is 7. The summed E-state index contributed by atoms with van der Waals surface area (Å²) in [5.74, 6) is 5.95. The number of nitrogens with zero attached hydrogens (tertiary/aromatic N) is 4. The summed E-state index contributed by atoms with van der Waals surface area (Å²) in [5, 5.41) is 16.7. The first-order valence-electron chi connectivity index (χ1n) is 20.4. The quantitative estimate of drug-likeness (QED) is 0.0437. The van der Waals surface area contributed by atoms with Crippen LogP contribution in [0.3, 0.4) is 0 Å².